The number of hydrogen-bond donors (Lipinski definition) is 2. The first kappa shape index (κ1) is 21.9. The Morgan fingerprint density at radius 1 is 1.23 bits per heavy atom. The monoisotopic (exact) mass is 365 g/mol. The van der Waals surface area contributed by atoms with Crippen molar-refractivity contribution in [1.82, 2.24) is 15.3 Å². The molecule has 0 radical (unpaired) electrons. The van der Waals surface area contributed by atoms with Crippen molar-refractivity contribution in [1.29, 1.82) is 0 Å². The summed E-state index contributed by atoms with van der Waals surface area (Å²) in [6, 6.07) is -0.675. The first-order valence-electron chi connectivity index (χ1n) is 9.35. The number of unbranched alkanes of at least 4 members (excludes halogenated alkanes) is 4. The molecule has 2 N–H and O–H groups in total. The number of aromatic amines is 1. The van der Waals surface area contributed by atoms with E-state index in [4.69, 9.17) is 0 Å². The van der Waals surface area contributed by atoms with Gasteiger partial charge in [0.2, 0.25) is 5.91 Å². The smallest absolute Gasteiger partial charge is 0.308 e. The minimum atomic E-state index is -0.675. The van der Waals surface area contributed by atoms with Crippen LogP contribution in [0.3, 0.4) is 0 Å². The normalized spacial score (nSPS) is 13.0. The lowest BCUT2D eigenvalue weighted by molar-refractivity contribution is -0.146. The van der Waals surface area contributed by atoms with Gasteiger partial charge in [-0.2, -0.15) is 0 Å². The maximum absolute atomic E-state index is 12.6. The van der Waals surface area contributed by atoms with E-state index in [1.807, 2.05) is 0 Å². The van der Waals surface area contributed by atoms with E-state index in [-0.39, 0.29) is 18.1 Å². The van der Waals surface area contributed by atoms with Crippen LogP contribution in [0.1, 0.15) is 64.5 Å². The van der Waals surface area contributed by atoms with Crippen molar-refractivity contribution >= 4 is 17.7 Å². The maximum Gasteiger partial charge on any atom is 0.308 e. The van der Waals surface area contributed by atoms with Gasteiger partial charge in [0.15, 0.2) is 5.78 Å². The molecule has 0 bridgehead atoms. The standard InChI is InChI=1S/C19H31N3O4/c1-4-5-6-7-8-9-18(24)22-16(11-15-12-20-13-21-15)17(23)10-14(2)19(25)26-3/h12-14,16H,4-11H2,1-3H3,(H,20,21)(H,22,24)/t14-,16-/m1/s1. The van der Waals surface area contributed by atoms with Crippen molar-refractivity contribution < 1.29 is 19.1 Å². The Kier molecular flexibility index (Phi) is 10.3. The van der Waals surface area contributed by atoms with Crippen LogP contribution in [0.2, 0.25) is 0 Å². The summed E-state index contributed by atoms with van der Waals surface area (Å²) in [5.41, 5.74) is 0.761. The number of carbonyl (C=O) groups is 3. The SMILES string of the molecule is CCCCCCCC(=O)N[C@H](Cc1cnc[nH]1)C(=O)C[C@@H](C)C(=O)OC. The molecule has 0 unspecified atom stereocenters. The Hall–Kier alpha value is -2.18. The van der Waals surface area contributed by atoms with Gasteiger partial charge in [-0.3, -0.25) is 14.4 Å². The fourth-order valence-corrected chi connectivity index (χ4v) is 2.75. The first-order valence-corrected chi connectivity index (χ1v) is 9.35. The first-order chi connectivity index (χ1) is 12.5. The molecule has 1 aromatic heterocycles. The summed E-state index contributed by atoms with van der Waals surface area (Å²) < 4.78 is 4.67. The number of amides is 1. The molecule has 0 saturated carbocycles. The van der Waals surface area contributed by atoms with Gasteiger partial charge in [-0.15, -0.1) is 0 Å². The summed E-state index contributed by atoms with van der Waals surface area (Å²) in [6.45, 7) is 3.79. The fourth-order valence-electron chi connectivity index (χ4n) is 2.75. The van der Waals surface area contributed by atoms with E-state index in [9.17, 15) is 14.4 Å². The molecule has 2 atom stereocenters. The van der Waals surface area contributed by atoms with Crippen molar-refractivity contribution in [3.8, 4) is 0 Å². The van der Waals surface area contributed by atoms with E-state index in [1.165, 1.54) is 19.9 Å². The summed E-state index contributed by atoms with van der Waals surface area (Å²) >= 11 is 0. The zero-order valence-corrected chi connectivity index (χ0v) is 16.0. The number of H-pyrrole nitrogens is 1. The van der Waals surface area contributed by atoms with Gasteiger partial charge in [0.1, 0.15) is 0 Å². The van der Waals surface area contributed by atoms with Crippen molar-refractivity contribution in [2.24, 2.45) is 5.92 Å². The third-order valence-corrected chi connectivity index (χ3v) is 4.32. The summed E-state index contributed by atoms with van der Waals surface area (Å²) in [7, 11) is 1.30. The van der Waals surface area contributed by atoms with Crippen LogP contribution in [0.4, 0.5) is 0 Å². The number of imidazole rings is 1. The Labute approximate surface area is 155 Å². The lowest BCUT2D eigenvalue weighted by atomic mass is 9.97. The number of ketones is 1. The molecule has 0 aliphatic heterocycles. The van der Waals surface area contributed by atoms with Gasteiger partial charge in [-0.25, -0.2) is 4.98 Å². The van der Waals surface area contributed by atoms with Gasteiger partial charge >= 0.3 is 5.97 Å². The van der Waals surface area contributed by atoms with Crippen LogP contribution in [0, 0.1) is 5.92 Å². The number of nitrogens with zero attached hydrogens (tertiary/aromatic N) is 1. The molecule has 0 aliphatic carbocycles. The van der Waals surface area contributed by atoms with E-state index in [1.54, 1.807) is 13.1 Å². The Balaban J connectivity index is 2.59. The predicted molar refractivity (Wildman–Crippen MR) is 98.4 cm³/mol. The summed E-state index contributed by atoms with van der Waals surface area (Å²) in [5, 5.41) is 2.82. The van der Waals surface area contributed by atoms with Crippen LogP contribution in [0.15, 0.2) is 12.5 Å². The number of esters is 1. The van der Waals surface area contributed by atoms with Gasteiger partial charge in [-0.1, -0.05) is 39.5 Å². The highest BCUT2D eigenvalue weighted by atomic mass is 16.5. The zero-order valence-electron chi connectivity index (χ0n) is 16.0. The highest BCUT2D eigenvalue weighted by Crippen LogP contribution is 2.11. The highest BCUT2D eigenvalue weighted by molar-refractivity contribution is 5.91. The van der Waals surface area contributed by atoms with Crippen molar-refractivity contribution in [3.05, 3.63) is 18.2 Å². The molecule has 1 heterocycles. The molecule has 0 saturated heterocycles. The Morgan fingerprint density at radius 3 is 2.58 bits per heavy atom. The second kappa shape index (κ2) is 12.2. The van der Waals surface area contributed by atoms with Crippen LogP contribution >= 0.6 is 0 Å². The summed E-state index contributed by atoms with van der Waals surface area (Å²) in [5.74, 6) is -1.29. The molecule has 146 valence electrons. The Bertz CT molecular complexity index is 557. The van der Waals surface area contributed by atoms with Crippen LogP contribution in [0.25, 0.3) is 0 Å². The van der Waals surface area contributed by atoms with E-state index >= 15 is 0 Å². The molecule has 26 heavy (non-hydrogen) atoms. The largest absolute Gasteiger partial charge is 0.469 e. The molecule has 7 heteroatoms. The van der Waals surface area contributed by atoms with Gasteiger partial charge < -0.3 is 15.0 Å². The third kappa shape index (κ3) is 8.27. The van der Waals surface area contributed by atoms with E-state index in [0.29, 0.717) is 12.8 Å². The van der Waals surface area contributed by atoms with Crippen LogP contribution in [-0.2, 0) is 25.5 Å². The van der Waals surface area contributed by atoms with Gasteiger partial charge in [0.05, 0.1) is 25.4 Å². The summed E-state index contributed by atoms with van der Waals surface area (Å²) in [4.78, 5) is 43.3. The molecule has 1 rings (SSSR count). The van der Waals surface area contributed by atoms with Crippen molar-refractivity contribution in [2.45, 2.75) is 71.3 Å². The Morgan fingerprint density at radius 2 is 1.96 bits per heavy atom. The van der Waals surface area contributed by atoms with E-state index in [0.717, 1.165) is 31.4 Å². The minimum Gasteiger partial charge on any atom is -0.469 e. The number of methoxy groups -OCH3 is 1. The molecule has 0 aliphatic rings. The van der Waals surface area contributed by atoms with Crippen LogP contribution < -0.4 is 5.32 Å². The zero-order chi connectivity index (χ0) is 19.4. The molecule has 0 aromatic carbocycles. The fraction of sp³-hybridized carbons (Fsp3) is 0.684. The molecule has 1 amide bonds. The molecule has 7 nitrogen and oxygen atoms in total. The number of rotatable bonds is 13. The van der Waals surface area contributed by atoms with Gasteiger partial charge in [0.25, 0.3) is 0 Å². The van der Waals surface area contributed by atoms with E-state index in [2.05, 4.69) is 26.9 Å². The summed E-state index contributed by atoms with van der Waals surface area (Å²) in [6.07, 6.45) is 9.20. The second-order valence-corrected chi connectivity index (χ2v) is 6.66. The topological polar surface area (TPSA) is 101 Å². The number of ether oxygens (including phenoxy) is 1. The predicted octanol–water partition coefficient (Wildman–Crippen LogP) is 2.57. The van der Waals surface area contributed by atoms with Gasteiger partial charge in [-0.05, 0) is 6.42 Å². The molecule has 0 fully saturated rings. The third-order valence-electron chi connectivity index (χ3n) is 4.32. The number of hydrogen-bond acceptors (Lipinski definition) is 5. The minimum absolute atomic E-state index is 0.0300. The average molecular weight is 365 g/mol. The van der Waals surface area contributed by atoms with Crippen LogP contribution in [0.5, 0.6) is 0 Å². The molecule has 0 spiro atoms. The lowest BCUT2D eigenvalue weighted by Gasteiger charge is -2.18. The molecular formula is C19H31N3O4. The highest BCUT2D eigenvalue weighted by Gasteiger charge is 2.26. The maximum atomic E-state index is 12.6. The molecule has 1 aromatic rings. The van der Waals surface area contributed by atoms with Crippen molar-refractivity contribution in [3.63, 3.8) is 0 Å². The number of carbonyl (C=O) groups excluding carboxylic acids is 3. The second-order valence-electron chi connectivity index (χ2n) is 6.66. The van der Waals surface area contributed by atoms with Crippen molar-refractivity contribution in [2.75, 3.05) is 7.11 Å². The van der Waals surface area contributed by atoms with Gasteiger partial charge in [0, 0.05) is 31.2 Å². The number of nitrogens with one attached hydrogen (secondary N) is 2. The molecular weight excluding hydrogens is 334 g/mol. The number of Topliss-reactive ketones (excluding diaryl/α,β-unsaturated/α-hetero) is 1. The number of aromatic nitrogens is 2. The lowest BCUT2D eigenvalue weighted by Crippen LogP contribution is -2.43. The average Bonchev–Trinajstić information content (AvgIpc) is 3.13. The van der Waals surface area contributed by atoms with Crippen LogP contribution in [-0.4, -0.2) is 40.8 Å². The van der Waals surface area contributed by atoms with E-state index < -0.39 is 17.9 Å². The quantitative estimate of drug-likeness (QED) is 0.413.